The number of amides is 1. The van der Waals surface area contributed by atoms with Crippen LogP contribution in [0.5, 0.6) is 11.5 Å². The number of nitrogens with zero attached hydrogens (tertiary/aromatic N) is 2. The fourth-order valence-electron chi connectivity index (χ4n) is 3.71. The first-order chi connectivity index (χ1) is 14.7. The zero-order valence-electron chi connectivity index (χ0n) is 17.4. The molecule has 6 nitrogen and oxygen atoms in total. The first-order valence-corrected chi connectivity index (χ1v) is 10.4. The summed E-state index contributed by atoms with van der Waals surface area (Å²) in [6.07, 6.45) is 3.56. The molecule has 1 unspecified atom stereocenters. The molecule has 1 atom stereocenters. The first kappa shape index (κ1) is 20.0. The lowest BCUT2D eigenvalue weighted by atomic mass is 9.96. The van der Waals surface area contributed by atoms with E-state index in [1.165, 1.54) is 5.56 Å². The van der Waals surface area contributed by atoms with Crippen molar-refractivity contribution in [1.29, 1.82) is 0 Å². The van der Waals surface area contributed by atoms with Crippen molar-refractivity contribution in [3.63, 3.8) is 0 Å². The van der Waals surface area contributed by atoms with Crippen LogP contribution in [0.15, 0.2) is 54.7 Å². The van der Waals surface area contributed by atoms with Gasteiger partial charge in [-0.15, -0.1) is 0 Å². The van der Waals surface area contributed by atoms with E-state index in [0.29, 0.717) is 36.8 Å². The minimum atomic E-state index is -0.125. The molecule has 4 rings (SSSR count). The molecule has 0 saturated carbocycles. The molecule has 30 heavy (non-hydrogen) atoms. The zero-order valence-corrected chi connectivity index (χ0v) is 17.4. The molecule has 0 bridgehead atoms. The van der Waals surface area contributed by atoms with Crippen molar-refractivity contribution in [2.45, 2.75) is 25.7 Å². The zero-order chi connectivity index (χ0) is 20.9. The van der Waals surface area contributed by atoms with Gasteiger partial charge >= 0.3 is 0 Å². The van der Waals surface area contributed by atoms with Crippen LogP contribution in [0.25, 0.3) is 11.3 Å². The van der Waals surface area contributed by atoms with E-state index in [1.54, 1.807) is 10.9 Å². The van der Waals surface area contributed by atoms with Crippen molar-refractivity contribution >= 4 is 5.91 Å². The second-order valence-corrected chi connectivity index (χ2v) is 7.50. The van der Waals surface area contributed by atoms with Gasteiger partial charge in [0.15, 0.2) is 11.5 Å². The minimum absolute atomic E-state index is 0.125. The summed E-state index contributed by atoms with van der Waals surface area (Å²) < 4.78 is 13.2. The van der Waals surface area contributed by atoms with Gasteiger partial charge < -0.3 is 14.8 Å². The van der Waals surface area contributed by atoms with Crippen LogP contribution in [-0.2, 0) is 7.05 Å². The van der Waals surface area contributed by atoms with E-state index in [2.05, 4.69) is 29.5 Å². The van der Waals surface area contributed by atoms with Crippen molar-refractivity contribution in [2.75, 3.05) is 19.8 Å². The lowest BCUT2D eigenvalue weighted by molar-refractivity contribution is 0.0951. The molecule has 6 heteroatoms. The number of benzene rings is 2. The standard InChI is InChI=1S/C24H27N3O3/c1-3-17(18-8-5-4-6-9-18)15-25-24(28)20-16-27(2)26-23(20)19-10-11-21-22(14-19)30-13-7-12-29-21/h4-6,8-11,14,16-17H,3,7,12-13,15H2,1-2H3,(H,25,28). The third kappa shape index (κ3) is 4.32. The number of fused-ring (bicyclic) bond motifs is 1. The lowest BCUT2D eigenvalue weighted by Crippen LogP contribution is -2.28. The van der Waals surface area contributed by atoms with E-state index in [9.17, 15) is 4.79 Å². The van der Waals surface area contributed by atoms with Crippen LogP contribution in [0, 0.1) is 0 Å². The molecular formula is C24H27N3O3. The third-order valence-corrected chi connectivity index (χ3v) is 5.37. The maximum Gasteiger partial charge on any atom is 0.255 e. The molecule has 2 heterocycles. The van der Waals surface area contributed by atoms with Crippen molar-refractivity contribution in [3.05, 3.63) is 65.9 Å². The van der Waals surface area contributed by atoms with Gasteiger partial charge in [0.1, 0.15) is 5.69 Å². The van der Waals surface area contributed by atoms with E-state index in [0.717, 1.165) is 24.2 Å². The van der Waals surface area contributed by atoms with Gasteiger partial charge in [0.05, 0.1) is 18.8 Å². The van der Waals surface area contributed by atoms with Crippen LogP contribution in [0.3, 0.4) is 0 Å². The third-order valence-electron chi connectivity index (χ3n) is 5.37. The molecule has 1 aliphatic heterocycles. The highest BCUT2D eigenvalue weighted by atomic mass is 16.5. The summed E-state index contributed by atoms with van der Waals surface area (Å²) in [5, 5.41) is 7.64. The summed E-state index contributed by atoms with van der Waals surface area (Å²) in [4.78, 5) is 13.0. The number of carbonyl (C=O) groups excluding carboxylic acids is 1. The molecule has 1 aromatic heterocycles. The van der Waals surface area contributed by atoms with Crippen molar-refractivity contribution < 1.29 is 14.3 Å². The fourth-order valence-corrected chi connectivity index (χ4v) is 3.71. The highest BCUT2D eigenvalue weighted by Gasteiger charge is 2.20. The van der Waals surface area contributed by atoms with E-state index in [-0.39, 0.29) is 11.8 Å². The summed E-state index contributed by atoms with van der Waals surface area (Å²) in [6.45, 7) is 3.97. The molecule has 0 aliphatic carbocycles. The van der Waals surface area contributed by atoms with Crippen molar-refractivity contribution in [1.82, 2.24) is 15.1 Å². The summed E-state index contributed by atoms with van der Waals surface area (Å²) in [5.74, 6) is 1.57. The number of carbonyl (C=O) groups is 1. The summed E-state index contributed by atoms with van der Waals surface area (Å²) in [7, 11) is 1.82. The van der Waals surface area contributed by atoms with Crippen LogP contribution >= 0.6 is 0 Å². The second kappa shape index (κ2) is 9.03. The van der Waals surface area contributed by atoms with E-state index in [1.807, 2.05) is 43.4 Å². The maximum atomic E-state index is 13.0. The molecule has 0 fully saturated rings. The van der Waals surface area contributed by atoms with Gasteiger partial charge in [0, 0.05) is 37.7 Å². The van der Waals surface area contributed by atoms with Gasteiger partial charge in [0.2, 0.25) is 0 Å². The predicted molar refractivity (Wildman–Crippen MR) is 116 cm³/mol. The Kier molecular flexibility index (Phi) is 6.02. The van der Waals surface area contributed by atoms with Crippen LogP contribution in [0.2, 0.25) is 0 Å². The summed E-state index contributed by atoms with van der Waals surface area (Å²) in [6, 6.07) is 16.0. The largest absolute Gasteiger partial charge is 0.490 e. The molecule has 2 aromatic carbocycles. The second-order valence-electron chi connectivity index (χ2n) is 7.50. The molecule has 1 aliphatic rings. The van der Waals surface area contributed by atoms with Crippen LogP contribution in [0.4, 0.5) is 0 Å². The smallest absolute Gasteiger partial charge is 0.255 e. The van der Waals surface area contributed by atoms with Crippen LogP contribution < -0.4 is 14.8 Å². The predicted octanol–water partition coefficient (Wildman–Crippen LogP) is 4.17. The van der Waals surface area contributed by atoms with Gasteiger partial charge in [-0.25, -0.2) is 0 Å². The van der Waals surface area contributed by atoms with Gasteiger partial charge in [-0.2, -0.15) is 5.10 Å². The Morgan fingerprint density at radius 2 is 1.90 bits per heavy atom. The SMILES string of the molecule is CCC(CNC(=O)c1cn(C)nc1-c1ccc2c(c1)OCCCO2)c1ccccc1. The number of rotatable bonds is 6. The Bertz CT molecular complexity index is 1010. The normalized spacial score (nSPS) is 14.1. The first-order valence-electron chi connectivity index (χ1n) is 10.4. The molecule has 1 amide bonds. The number of aromatic nitrogens is 2. The quantitative estimate of drug-likeness (QED) is 0.668. The fraction of sp³-hybridized carbons (Fsp3) is 0.333. The van der Waals surface area contributed by atoms with Gasteiger partial charge in [0.25, 0.3) is 5.91 Å². The topological polar surface area (TPSA) is 65.4 Å². The number of aryl methyl sites for hydroxylation is 1. The van der Waals surface area contributed by atoms with Gasteiger partial charge in [-0.3, -0.25) is 9.48 Å². The van der Waals surface area contributed by atoms with E-state index < -0.39 is 0 Å². The number of hydrogen-bond donors (Lipinski definition) is 1. The number of hydrogen-bond acceptors (Lipinski definition) is 4. The lowest BCUT2D eigenvalue weighted by Gasteiger charge is -2.16. The van der Waals surface area contributed by atoms with E-state index >= 15 is 0 Å². The minimum Gasteiger partial charge on any atom is -0.490 e. The average Bonchev–Trinajstić information content (AvgIpc) is 3.01. The molecule has 0 saturated heterocycles. The molecule has 1 N–H and O–H groups in total. The Hall–Kier alpha value is -3.28. The van der Waals surface area contributed by atoms with Gasteiger partial charge in [-0.1, -0.05) is 37.3 Å². The highest BCUT2D eigenvalue weighted by molar-refractivity contribution is 6.00. The molecular weight excluding hydrogens is 378 g/mol. The Labute approximate surface area is 176 Å². The maximum absolute atomic E-state index is 13.0. The molecule has 3 aromatic rings. The van der Waals surface area contributed by atoms with Crippen molar-refractivity contribution in [2.24, 2.45) is 7.05 Å². The molecule has 156 valence electrons. The number of nitrogens with one attached hydrogen (secondary N) is 1. The monoisotopic (exact) mass is 405 g/mol. The number of ether oxygens (including phenoxy) is 2. The average molecular weight is 405 g/mol. The Morgan fingerprint density at radius 1 is 1.13 bits per heavy atom. The van der Waals surface area contributed by atoms with Crippen LogP contribution in [0.1, 0.15) is 41.6 Å². The summed E-state index contributed by atoms with van der Waals surface area (Å²) >= 11 is 0. The molecule has 0 radical (unpaired) electrons. The Balaban J connectivity index is 1.54. The van der Waals surface area contributed by atoms with E-state index in [4.69, 9.17) is 9.47 Å². The Morgan fingerprint density at radius 3 is 2.67 bits per heavy atom. The van der Waals surface area contributed by atoms with Crippen molar-refractivity contribution in [3.8, 4) is 22.8 Å². The van der Waals surface area contributed by atoms with Crippen LogP contribution in [-0.4, -0.2) is 35.4 Å². The summed E-state index contributed by atoms with van der Waals surface area (Å²) in [5.41, 5.74) is 3.25. The molecule has 0 spiro atoms. The van der Waals surface area contributed by atoms with Gasteiger partial charge in [-0.05, 0) is 30.2 Å². The highest BCUT2D eigenvalue weighted by Crippen LogP contribution is 2.34.